The largest absolute Gasteiger partial charge is 0.326 e. The van der Waals surface area contributed by atoms with Crippen LogP contribution in [0, 0.1) is 0 Å². The normalized spacial score (nSPS) is 15.9. The predicted molar refractivity (Wildman–Crippen MR) is 105 cm³/mol. The Kier molecular flexibility index (Phi) is 5.77. The Morgan fingerprint density at radius 3 is 2.77 bits per heavy atom. The van der Waals surface area contributed by atoms with Gasteiger partial charge in [-0.3, -0.25) is 14.4 Å². The molecule has 0 saturated heterocycles. The minimum absolute atomic E-state index is 0.0957. The fraction of sp³-hybridized carbons (Fsp3) is 0.294. The van der Waals surface area contributed by atoms with Crippen molar-refractivity contribution in [2.24, 2.45) is 0 Å². The Bertz CT molecular complexity index is 898. The van der Waals surface area contributed by atoms with E-state index in [0.717, 1.165) is 16.6 Å². The Labute approximate surface area is 162 Å². The van der Waals surface area contributed by atoms with Crippen molar-refractivity contribution in [1.82, 2.24) is 9.97 Å². The smallest absolute Gasteiger partial charge is 0.257 e. The second-order valence-corrected chi connectivity index (χ2v) is 7.78. The number of nitrogens with zero attached hydrogens (tertiary/aromatic N) is 1. The average Bonchev–Trinajstić information content (AvgIpc) is 2.60. The number of thioether (sulfide) groups is 1. The maximum absolute atomic E-state index is 12.7. The quantitative estimate of drug-likeness (QED) is 0.493. The van der Waals surface area contributed by atoms with Gasteiger partial charge in [0.05, 0.1) is 11.5 Å². The zero-order valence-corrected chi connectivity index (χ0v) is 16.4. The van der Waals surface area contributed by atoms with Crippen LogP contribution in [0.4, 0.5) is 11.5 Å². The number of aromatic amines is 1. The van der Waals surface area contributed by atoms with E-state index in [0.29, 0.717) is 10.8 Å². The summed E-state index contributed by atoms with van der Waals surface area (Å²) in [6, 6.07) is 7.06. The number of nitrogens with one attached hydrogen (secondary N) is 3. The number of hydrogen-bond donors (Lipinski definition) is 3. The molecule has 2 aromatic rings. The molecule has 0 saturated carbocycles. The minimum atomic E-state index is -0.885. The summed E-state index contributed by atoms with van der Waals surface area (Å²) in [6.45, 7) is 2.02. The van der Waals surface area contributed by atoms with Gasteiger partial charge in [0.2, 0.25) is 11.8 Å². The third-order valence-corrected chi connectivity index (χ3v) is 5.41. The number of carbonyl (C=O) groups excluding carboxylic acids is 2. The highest BCUT2D eigenvalue weighted by molar-refractivity contribution is 9.10. The van der Waals surface area contributed by atoms with E-state index >= 15 is 0 Å². The molecule has 3 N–H and O–H groups in total. The van der Waals surface area contributed by atoms with Crippen LogP contribution in [0.15, 0.2) is 38.7 Å². The topological polar surface area (TPSA) is 104 Å². The first-order valence-electron chi connectivity index (χ1n) is 8.11. The fourth-order valence-corrected chi connectivity index (χ4v) is 3.59. The maximum Gasteiger partial charge on any atom is 0.257 e. The molecule has 2 heterocycles. The Balaban J connectivity index is 1.90. The van der Waals surface area contributed by atoms with Gasteiger partial charge in [0.25, 0.3) is 5.56 Å². The summed E-state index contributed by atoms with van der Waals surface area (Å²) < 4.78 is 0.885. The maximum atomic E-state index is 12.7. The van der Waals surface area contributed by atoms with Crippen LogP contribution < -0.4 is 16.2 Å². The van der Waals surface area contributed by atoms with Crippen LogP contribution in [-0.2, 0) is 9.59 Å². The van der Waals surface area contributed by atoms with Crippen molar-refractivity contribution >= 4 is 51.0 Å². The van der Waals surface area contributed by atoms with Crippen molar-refractivity contribution in [3.63, 3.8) is 0 Å². The standard InChI is InChI=1S/C17H17BrN4O3S/c1-2-7-26-17-21-14-13(16(25)22-17)11(8-12(23)20-14)15(24)19-10-5-3-9(18)4-6-10/h3-6,11H,2,7-8H2,1H3,(H,19,24)(H2,20,21,22,23,25)/t11-/m1/s1. The van der Waals surface area contributed by atoms with Gasteiger partial charge in [0.15, 0.2) is 5.16 Å². The monoisotopic (exact) mass is 436 g/mol. The van der Waals surface area contributed by atoms with E-state index in [-0.39, 0.29) is 23.7 Å². The molecule has 0 bridgehead atoms. The van der Waals surface area contributed by atoms with Crippen LogP contribution >= 0.6 is 27.7 Å². The van der Waals surface area contributed by atoms with Gasteiger partial charge in [-0.1, -0.05) is 34.6 Å². The van der Waals surface area contributed by atoms with Crippen LogP contribution in [0.1, 0.15) is 31.2 Å². The summed E-state index contributed by atoms with van der Waals surface area (Å²) in [5.41, 5.74) is 0.384. The fourth-order valence-electron chi connectivity index (χ4n) is 2.60. The molecule has 1 aliphatic rings. The molecule has 1 aliphatic heterocycles. The minimum Gasteiger partial charge on any atom is -0.326 e. The first-order chi connectivity index (χ1) is 12.5. The second kappa shape index (κ2) is 8.05. The van der Waals surface area contributed by atoms with Gasteiger partial charge in [0.1, 0.15) is 5.82 Å². The molecule has 0 aliphatic carbocycles. The van der Waals surface area contributed by atoms with Crippen LogP contribution in [0.3, 0.4) is 0 Å². The molecule has 0 unspecified atom stereocenters. The number of benzene rings is 1. The van der Waals surface area contributed by atoms with E-state index in [4.69, 9.17) is 0 Å². The van der Waals surface area contributed by atoms with E-state index in [1.165, 1.54) is 11.8 Å². The Hall–Kier alpha value is -2.13. The van der Waals surface area contributed by atoms with E-state index in [2.05, 4.69) is 36.5 Å². The molecule has 0 radical (unpaired) electrons. The number of rotatable bonds is 5. The van der Waals surface area contributed by atoms with Gasteiger partial charge in [-0.25, -0.2) is 4.98 Å². The molecule has 1 aromatic heterocycles. The number of amides is 2. The summed E-state index contributed by atoms with van der Waals surface area (Å²) in [6.07, 6.45) is 0.831. The molecule has 7 nitrogen and oxygen atoms in total. The highest BCUT2D eigenvalue weighted by Gasteiger charge is 2.34. The number of H-pyrrole nitrogens is 1. The number of halogens is 1. The third-order valence-electron chi connectivity index (χ3n) is 3.80. The molecule has 3 rings (SSSR count). The first-order valence-corrected chi connectivity index (χ1v) is 9.89. The lowest BCUT2D eigenvalue weighted by atomic mass is 9.92. The van der Waals surface area contributed by atoms with E-state index < -0.39 is 17.4 Å². The van der Waals surface area contributed by atoms with Crippen molar-refractivity contribution in [3.8, 4) is 0 Å². The van der Waals surface area contributed by atoms with Gasteiger partial charge in [0, 0.05) is 22.3 Å². The van der Waals surface area contributed by atoms with Crippen LogP contribution in [-0.4, -0.2) is 27.5 Å². The van der Waals surface area contributed by atoms with E-state index in [1.807, 2.05) is 6.92 Å². The lowest BCUT2D eigenvalue weighted by molar-refractivity contribution is -0.123. The molecule has 1 atom stereocenters. The van der Waals surface area contributed by atoms with Crippen LogP contribution in [0.25, 0.3) is 0 Å². The number of fused-ring (bicyclic) bond motifs is 1. The van der Waals surface area contributed by atoms with Gasteiger partial charge >= 0.3 is 0 Å². The summed E-state index contributed by atoms with van der Waals surface area (Å²) in [5.74, 6) is -0.672. The highest BCUT2D eigenvalue weighted by atomic mass is 79.9. The van der Waals surface area contributed by atoms with Crippen LogP contribution in [0.5, 0.6) is 0 Å². The molecule has 1 aromatic carbocycles. The summed E-state index contributed by atoms with van der Waals surface area (Å²) in [7, 11) is 0. The summed E-state index contributed by atoms with van der Waals surface area (Å²) >= 11 is 4.73. The van der Waals surface area contributed by atoms with Crippen molar-refractivity contribution in [3.05, 3.63) is 44.7 Å². The molecule has 26 heavy (non-hydrogen) atoms. The molecular formula is C17H17BrN4O3S. The lowest BCUT2D eigenvalue weighted by Crippen LogP contribution is -2.36. The SMILES string of the molecule is CCCSc1nc2c(c(=O)[nH]1)[C@H](C(=O)Nc1ccc(Br)cc1)CC(=O)N2. The zero-order chi connectivity index (χ0) is 18.7. The Morgan fingerprint density at radius 2 is 2.08 bits per heavy atom. The lowest BCUT2D eigenvalue weighted by Gasteiger charge is -2.23. The third kappa shape index (κ3) is 4.16. The predicted octanol–water partition coefficient (Wildman–Crippen LogP) is 3.10. The van der Waals surface area contributed by atoms with Crippen LogP contribution in [0.2, 0.25) is 0 Å². The van der Waals surface area contributed by atoms with Gasteiger partial charge in [-0.05, 0) is 30.7 Å². The van der Waals surface area contributed by atoms with Gasteiger partial charge in [-0.2, -0.15) is 0 Å². The average molecular weight is 437 g/mol. The number of hydrogen-bond acceptors (Lipinski definition) is 5. The molecule has 136 valence electrons. The van der Waals surface area contributed by atoms with Crippen molar-refractivity contribution in [2.45, 2.75) is 30.8 Å². The van der Waals surface area contributed by atoms with Crippen molar-refractivity contribution in [2.75, 3.05) is 16.4 Å². The highest BCUT2D eigenvalue weighted by Crippen LogP contribution is 2.30. The van der Waals surface area contributed by atoms with E-state index in [9.17, 15) is 14.4 Å². The number of aromatic nitrogens is 2. The second-order valence-electron chi connectivity index (χ2n) is 5.78. The molecule has 9 heteroatoms. The van der Waals surface area contributed by atoms with Gasteiger partial charge in [-0.15, -0.1) is 0 Å². The van der Waals surface area contributed by atoms with E-state index in [1.54, 1.807) is 24.3 Å². The molecule has 0 spiro atoms. The van der Waals surface area contributed by atoms with Crippen molar-refractivity contribution < 1.29 is 9.59 Å². The number of carbonyl (C=O) groups is 2. The number of anilines is 2. The molecular weight excluding hydrogens is 420 g/mol. The van der Waals surface area contributed by atoms with Crippen molar-refractivity contribution in [1.29, 1.82) is 0 Å². The van der Waals surface area contributed by atoms with Gasteiger partial charge < -0.3 is 15.6 Å². The molecule has 0 fully saturated rings. The molecule has 2 amide bonds. The zero-order valence-electron chi connectivity index (χ0n) is 14.0. The Morgan fingerprint density at radius 1 is 1.35 bits per heavy atom. The summed E-state index contributed by atoms with van der Waals surface area (Å²) in [4.78, 5) is 44.2. The first kappa shape index (κ1) is 18.7. The summed E-state index contributed by atoms with van der Waals surface area (Å²) in [5, 5.41) is 5.79.